The van der Waals surface area contributed by atoms with Gasteiger partial charge in [0.1, 0.15) is 11.5 Å². The van der Waals surface area contributed by atoms with Gasteiger partial charge in [-0.1, -0.05) is 36.4 Å². The largest absolute Gasteiger partial charge is 0.337 e. The third-order valence-electron chi connectivity index (χ3n) is 5.21. The second-order valence-corrected chi connectivity index (χ2v) is 6.90. The van der Waals surface area contributed by atoms with Crippen molar-refractivity contribution in [1.29, 1.82) is 0 Å². The maximum absolute atomic E-state index is 12.9. The SMILES string of the molecule is O=C(c1ccnn1-c1ccc2ccc(-c3ccccc3)cn12)N1CCCC1. The number of carbonyl (C=O) groups excluding carboxylic acids is 1. The summed E-state index contributed by atoms with van der Waals surface area (Å²) in [5, 5.41) is 4.45. The predicted octanol–water partition coefficient (Wildman–Crippen LogP) is 4.03. The van der Waals surface area contributed by atoms with Crippen LogP contribution in [0.4, 0.5) is 0 Å². The molecule has 1 saturated heterocycles. The fraction of sp³-hybridized carbons (Fsp3) is 0.182. The highest BCUT2D eigenvalue weighted by atomic mass is 16.2. The third-order valence-corrected chi connectivity index (χ3v) is 5.21. The van der Waals surface area contributed by atoms with Crippen molar-refractivity contribution in [2.45, 2.75) is 12.8 Å². The van der Waals surface area contributed by atoms with Gasteiger partial charge < -0.3 is 9.30 Å². The van der Waals surface area contributed by atoms with E-state index in [1.807, 2.05) is 29.2 Å². The number of likely N-dealkylation sites (tertiary alicyclic amines) is 1. The van der Waals surface area contributed by atoms with Crippen molar-refractivity contribution in [3.8, 4) is 16.9 Å². The molecule has 3 aromatic heterocycles. The minimum atomic E-state index is 0.0548. The van der Waals surface area contributed by atoms with Crippen LogP contribution in [0.5, 0.6) is 0 Å². The van der Waals surface area contributed by atoms with Crippen LogP contribution in [0.25, 0.3) is 22.5 Å². The van der Waals surface area contributed by atoms with Gasteiger partial charge in [-0.3, -0.25) is 4.79 Å². The average Bonchev–Trinajstić information content (AvgIpc) is 3.47. The summed E-state index contributed by atoms with van der Waals surface area (Å²) in [5.74, 6) is 0.925. The van der Waals surface area contributed by atoms with Gasteiger partial charge in [-0.05, 0) is 48.2 Å². The Balaban J connectivity index is 1.60. The molecule has 0 radical (unpaired) electrons. The monoisotopic (exact) mass is 356 g/mol. The molecule has 0 bridgehead atoms. The van der Waals surface area contributed by atoms with Crippen LogP contribution < -0.4 is 0 Å². The van der Waals surface area contributed by atoms with Gasteiger partial charge in [0.2, 0.25) is 0 Å². The molecule has 0 saturated carbocycles. The lowest BCUT2D eigenvalue weighted by Crippen LogP contribution is -2.29. The molecule has 0 N–H and O–H groups in total. The van der Waals surface area contributed by atoms with E-state index < -0.39 is 0 Å². The zero-order chi connectivity index (χ0) is 18.2. The molecule has 5 heteroatoms. The molecule has 27 heavy (non-hydrogen) atoms. The van der Waals surface area contributed by atoms with Crippen molar-refractivity contribution in [2.75, 3.05) is 13.1 Å². The van der Waals surface area contributed by atoms with E-state index in [4.69, 9.17) is 0 Å². The number of aromatic nitrogens is 3. The smallest absolute Gasteiger partial charge is 0.272 e. The molecule has 0 aliphatic carbocycles. The maximum Gasteiger partial charge on any atom is 0.272 e. The first-order valence-corrected chi connectivity index (χ1v) is 9.31. The average molecular weight is 356 g/mol. The van der Waals surface area contributed by atoms with Crippen LogP contribution in [-0.2, 0) is 0 Å². The van der Waals surface area contributed by atoms with Gasteiger partial charge in [0.15, 0.2) is 0 Å². The number of rotatable bonds is 3. The predicted molar refractivity (Wildman–Crippen MR) is 105 cm³/mol. The zero-order valence-corrected chi connectivity index (χ0v) is 15.0. The molecular formula is C22H20N4O. The van der Waals surface area contributed by atoms with Gasteiger partial charge in [0, 0.05) is 24.8 Å². The molecular weight excluding hydrogens is 336 g/mol. The van der Waals surface area contributed by atoms with E-state index in [1.165, 1.54) is 0 Å². The summed E-state index contributed by atoms with van der Waals surface area (Å²) in [4.78, 5) is 14.8. The summed E-state index contributed by atoms with van der Waals surface area (Å²) in [6.07, 6.45) is 5.96. The molecule has 1 amide bonds. The first kappa shape index (κ1) is 15.9. The van der Waals surface area contributed by atoms with E-state index >= 15 is 0 Å². The summed E-state index contributed by atoms with van der Waals surface area (Å²) in [6.45, 7) is 1.66. The van der Waals surface area contributed by atoms with Gasteiger partial charge in [0.05, 0.1) is 6.20 Å². The highest BCUT2D eigenvalue weighted by Crippen LogP contribution is 2.24. The second kappa shape index (κ2) is 6.43. The number of benzene rings is 1. The number of nitrogens with zero attached hydrogens (tertiary/aromatic N) is 4. The molecule has 1 aliphatic heterocycles. The molecule has 5 rings (SSSR count). The van der Waals surface area contributed by atoms with E-state index in [2.05, 4.69) is 46.0 Å². The Morgan fingerprint density at radius 1 is 0.852 bits per heavy atom. The quantitative estimate of drug-likeness (QED) is 0.556. The lowest BCUT2D eigenvalue weighted by molar-refractivity contribution is 0.0783. The summed E-state index contributed by atoms with van der Waals surface area (Å²) >= 11 is 0. The van der Waals surface area contributed by atoms with E-state index in [0.717, 1.165) is 48.4 Å². The van der Waals surface area contributed by atoms with Crippen molar-refractivity contribution in [2.24, 2.45) is 0 Å². The van der Waals surface area contributed by atoms with Crippen LogP contribution >= 0.6 is 0 Å². The molecule has 0 unspecified atom stereocenters. The van der Waals surface area contributed by atoms with Crippen LogP contribution in [0.1, 0.15) is 23.3 Å². The Labute approximate surface area is 157 Å². The number of pyridine rings is 1. The summed E-state index contributed by atoms with van der Waals surface area (Å²) in [6, 6.07) is 20.4. The number of hydrogen-bond donors (Lipinski definition) is 0. The van der Waals surface area contributed by atoms with Gasteiger partial charge in [-0.15, -0.1) is 0 Å². The lowest BCUT2D eigenvalue weighted by Gasteiger charge is -2.16. The maximum atomic E-state index is 12.9. The number of fused-ring (bicyclic) bond motifs is 1. The lowest BCUT2D eigenvalue weighted by atomic mass is 10.1. The van der Waals surface area contributed by atoms with Crippen LogP contribution in [-0.4, -0.2) is 38.1 Å². The molecule has 4 heterocycles. The van der Waals surface area contributed by atoms with Gasteiger partial charge in [0.25, 0.3) is 5.91 Å². The summed E-state index contributed by atoms with van der Waals surface area (Å²) in [5.41, 5.74) is 3.97. The number of amides is 1. The van der Waals surface area contributed by atoms with Crippen LogP contribution in [0.2, 0.25) is 0 Å². The van der Waals surface area contributed by atoms with Crippen LogP contribution in [0.3, 0.4) is 0 Å². The molecule has 1 aliphatic rings. The van der Waals surface area contributed by atoms with Gasteiger partial charge >= 0.3 is 0 Å². The summed E-state index contributed by atoms with van der Waals surface area (Å²) < 4.78 is 3.85. The Bertz CT molecular complexity index is 1100. The normalized spacial score (nSPS) is 14.1. The standard InChI is InChI=1S/C22H20N4O/c27-22(24-14-4-5-15-24)20-12-13-23-26(20)21-11-10-19-9-8-18(16-25(19)21)17-6-2-1-3-7-17/h1-3,6-13,16H,4-5,14-15H2. The second-order valence-electron chi connectivity index (χ2n) is 6.90. The van der Waals surface area contributed by atoms with E-state index in [1.54, 1.807) is 16.9 Å². The molecule has 0 spiro atoms. The molecule has 5 nitrogen and oxygen atoms in total. The highest BCUT2D eigenvalue weighted by molar-refractivity contribution is 5.93. The molecule has 1 fully saturated rings. The fourth-order valence-corrected chi connectivity index (χ4v) is 3.79. The van der Waals surface area contributed by atoms with Crippen molar-refractivity contribution < 1.29 is 4.79 Å². The number of hydrogen-bond acceptors (Lipinski definition) is 2. The topological polar surface area (TPSA) is 42.5 Å². The minimum absolute atomic E-state index is 0.0548. The first-order valence-electron chi connectivity index (χ1n) is 9.31. The Hall–Kier alpha value is -3.34. The third kappa shape index (κ3) is 2.72. The van der Waals surface area contributed by atoms with E-state index in [9.17, 15) is 4.79 Å². The van der Waals surface area contributed by atoms with E-state index in [-0.39, 0.29) is 5.91 Å². The van der Waals surface area contributed by atoms with Crippen molar-refractivity contribution in [3.05, 3.63) is 78.8 Å². The molecule has 4 aromatic rings. The van der Waals surface area contributed by atoms with Crippen LogP contribution in [0, 0.1) is 0 Å². The minimum Gasteiger partial charge on any atom is -0.337 e. The zero-order valence-electron chi connectivity index (χ0n) is 15.0. The summed E-state index contributed by atoms with van der Waals surface area (Å²) in [7, 11) is 0. The highest BCUT2D eigenvalue weighted by Gasteiger charge is 2.23. The number of carbonyl (C=O) groups is 1. The fourth-order valence-electron chi connectivity index (χ4n) is 3.79. The van der Waals surface area contributed by atoms with Gasteiger partial charge in [-0.25, -0.2) is 4.68 Å². The van der Waals surface area contributed by atoms with E-state index in [0.29, 0.717) is 5.69 Å². The first-order chi connectivity index (χ1) is 13.3. The Kier molecular flexibility index (Phi) is 3.78. The van der Waals surface area contributed by atoms with Crippen molar-refractivity contribution >= 4 is 11.4 Å². The van der Waals surface area contributed by atoms with Gasteiger partial charge in [-0.2, -0.15) is 5.10 Å². The van der Waals surface area contributed by atoms with Crippen molar-refractivity contribution in [1.82, 2.24) is 19.1 Å². The van der Waals surface area contributed by atoms with Crippen LogP contribution in [0.15, 0.2) is 73.1 Å². The van der Waals surface area contributed by atoms with Crippen molar-refractivity contribution in [3.63, 3.8) is 0 Å². The molecule has 1 aromatic carbocycles. The Morgan fingerprint density at radius 3 is 2.44 bits per heavy atom. The Morgan fingerprint density at radius 2 is 1.63 bits per heavy atom. The molecule has 134 valence electrons. The molecule has 0 atom stereocenters.